The van der Waals surface area contributed by atoms with Crippen LogP contribution in [0.5, 0.6) is 0 Å². The SMILES string of the molecule is CCCCNC(=O)c1cccc(NC(=O)CNc2cccc(C(F)(F)F)c2)c1. The number of alkyl halides is 3. The lowest BCUT2D eigenvalue weighted by Crippen LogP contribution is -2.25. The van der Waals surface area contributed by atoms with Crippen molar-refractivity contribution in [2.24, 2.45) is 0 Å². The molecule has 0 spiro atoms. The van der Waals surface area contributed by atoms with Crippen molar-refractivity contribution in [3.05, 3.63) is 59.7 Å². The second-order valence-corrected chi connectivity index (χ2v) is 6.17. The fourth-order valence-electron chi connectivity index (χ4n) is 2.41. The Morgan fingerprint density at radius 3 is 2.43 bits per heavy atom. The minimum Gasteiger partial charge on any atom is -0.376 e. The van der Waals surface area contributed by atoms with Crippen LogP contribution in [0.25, 0.3) is 0 Å². The van der Waals surface area contributed by atoms with E-state index in [4.69, 9.17) is 0 Å². The largest absolute Gasteiger partial charge is 0.416 e. The van der Waals surface area contributed by atoms with Gasteiger partial charge < -0.3 is 16.0 Å². The summed E-state index contributed by atoms with van der Waals surface area (Å²) in [6, 6.07) is 11.1. The summed E-state index contributed by atoms with van der Waals surface area (Å²) >= 11 is 0. The van der Waals surface area contributed by atoms with Gasteiger partial charge in [-0.25, -0.2) is 0 Å². The summed E-state index contributed by atoms with van der Waals surface area (Å²) in [4.78, 5) is 24.1. The molecule has 28 heavy (non-hydrogen) atoms. The van der Waals surface area contributed by atoms with E-state index < -0.39 is 17.6 Å². The minimum atomic E-state index is -4.45. The molecule has 0 fully saturated rings. The average molecular weight is 393 g/mol. The van der Waals surface area contributed by atoms with Gasteiger partial charge in [0.2, 0.25) is 5.91 Å². The second kappa shape index (κ2) is 9.77. The number of carbonyl (C=O) groups excluding carboxylic acids is 2. The first-order valence-electron chi connectivity index (χ1n) is 8.89. The summed E-state index contributed by atoms with van der Waals surface area (Å²) in [7, 11) is 0. The maximum Gasteiger partial charge on any atom is 0.416 e. The molecule has 0 heterocycles. The van der Waals surface area contributed by atoms with Crippen molar-refractivity contribution in [3.63, 3.8) is 0 Å². The number of carbonyl (C=O) groups is 2. The van der Waals surface area contributed by atoms with Crippen molar-refractivity contribution >= 4 is 23.2 Å². The van der Waals surface area contributed by atoms with Crippen molar-refractivity contribution in [3.8, 4) is 0 Å². The number of halogens is 3. The summed E-state index contributed by atoms with van der Waals surface area (Å²) in [5.74, 6) is -0.674. The van der Waals surface area contributed by atoms with Crippen LogP contribution in [0.3, 0.4) is 0 Å². The third-order valence-electron chi connectivity index (χ3n) is 3.87. The third kappa shape index (κ3) is 6.61. The zero-order valence-electron chi connectivity index (χ0n) is 15.4. The van der Waals surface area contributed by atoms with Gasteiger partial charge in [0.25, 0.3) is 5.91 Å². The van der Waals surface area contributed by atoms with Crippen molar-refractivity contribution in [1.29, 1.82) is 0 Å². The minimum absolute atomic E-state index is 0.189. The van der Waals surface area contributed by atoms with Crippen LogP contribution in [0.4, 0.5) is 24.5 Å². The Morgan fingerprint density at radius 2 is 1.71 bits per heavy atom. The topological polar surface area (TPSA) is 70.2 Å². The van der Waals surface area contributed by atoms with E-state index >= 15 is 0 Å². The third-order valence-corrected chi connectivity index (χ3v) is 3.87. The highest BCUT2D eigenvalue weighted by molar-refractivity contribution is 5.98. The van der Waals surface area contributed by atoms with Crippen molar-refractivity contribution in [2.45, 2.75) is 25.9 Å². The summed E-state index contributed by atoms with van der Waals surface area (Å²) < 4.78 is 38.1. The second-order valence-electron chi connectivity index (χ2n) is 6.17. The summed E-state index contributed by atoms with van der Waals surface area (Å²) in [5.41, 5.74) is 0.243. The molecule has 150 valence electrons. The summed E-state index contributed by atoms with van der Waals surface area (Å²) in [5, 5.41) is 8.06. The lowest BCUT2D eigenvalue weighted by molar-refractivity contribution is -0.137. The van der Waals surface area contributed by atoms with Crippen LogP contribution < -0.4 is 16.0 Å². The van der Waals surface area contributed by atoms with E-state index in [0.717, 1.165) is 25.0 Å². The Labute approximate surface area is 161 Å². The molecule has 0 radical (unpaired) electrons. The van der Waals surface area contributed by atoms with Gasteiger partial charge in [0, 0.05) is 23.5 Å². The Hall–Kier alpha value is -3.03. The molecular weight excluding hydrogens is 371 g/mol. The predicted molar refractivity (Wildman–Crippen MR) is 102 cm³/mol. The highest BCUT2D eigenvalue weighted by Gasteiger charge is 2.30. The van der Waals surface area contributed by atoms with Gasteiger partial charge in [0.05, 0.1) is 12.1 Å². The lowest BCUT2D eigenvalue weighted by Gasteiger charge is -2.11. The Kier molecular flexibility index (Phi) is 7.43. The first kappa shape index (κ1) is 21.3. The molecule has 0 aliphatic rings. The van der Waals surface area contributed by atoms with Crippen LogP contribution in [-0.2, 0) is 11.0 Å². The van der Waals surface area contributed by atoms with E-state index in [0.29, 0.717) is 17.8 Å². The molecular formula is C20H22F3N3O2. The van der Waals surface area contributed by atoms with E-state index in [1.165, 1.54) is 12.1 Å². The monoisotopic (exact) mass is 393 g/mol. The zero-order valence-corrected chi connectivity index (χ0v) is 15.4. The average Bonchev–Trinajstić information content (AvgIpc) is 2.66. The van der Waals surface area contributed by atoms with Crippen LogP contribution in [0.1, 0.15) is 35.7 Å². The van der Waals surface area contributed by atoms with Gasteiger partial charge in [0.1, 0.15) is 0 Å². The van der Waals surface area contributed by atoms with E-state index in [9.17, 15) is 22.8 Å². The maximum atomic E-state index is 12.7. The highest BCUT2D eigenvalue weighted by Crippen LogP contribution is 2.30. The number of benzene rings is 2. The van der Waals surface area contributed by atoms with Crippen LogP contribution >= 0.6 is 0 Å². The van der Waals surface area contributed by atoms with E-state index in [-0.39, 0.29) is 18.1 Å². The molecule has 0 saturated heterocycles. The van der Waals surface area contributed by atoms with Crippen molar-refractivity contribution < 1.29 is 22.8 Å². The fraction of sp³-hybridized carbons (Fsp3) is 0.300. The summed E-state index contributed by atoms with van der Waals surface area (Å²) in [6.07, 6.45) is -2.60. The van der Waals surface area contributed by atoms with E-state index in [2.05, 4.69) is 16.0 Å². The number of hydrogen-bond acceptors (Lipinski definition) is 3. The van der Waals surface area contributed by atoms with Crippen molar-refractivity contribution in [1.82, 2.24) is 5.32 Å². The Morgan fingerprint density at radius 1 is 1.00 bits per heavy atom. The normalized spacial score (nSPS) is 11.0. The van der Waals surface area contributed by atoms with Gasteiger partial charge in [-0.15, -0.1) is 0 Å². The van der Waals surface area contributed by atoms with Crippen LogP contribution in [0, 0.1) is 0 Å². The predicted octanol–water partition coefficient (Wildman–Crippen LogP) is 4.29. The molecule has 2 aromatic rings. The Balaban J connectivity index is 1.91. The van der Waals surface area contributed by atoms with Gasteiger partial charge in [-0.05, 0) is 42.8 Å². The van der Waals surface area contributed by atoms with Gasteiger partial charge in [-0.1, -0.05) is 25.5 Å². The van der Waals surface area contributed by atoms with Crippen LogP contribution in [0.2, 0.25) is 0 Å². The Bertz CT molecular complexity index is 822. The highest BCUT2D eigenvalue weighted by atomic mass is 19.4. The maximum absolute atomic E-state index is 12.7. The number of hydrogen-bond donors (Lipinski definition) is 3. The molecule has 0 aliphatic carbocycles. The van der Waals surface area contributed by atoms with Gasteiger partial charge in [0.15, 0.2) is 0 Å². The number of amides is 2. The van der Waals surface area contributed by atoms with Gasteiger partial charge in [-0.3, -0.25) is 9.59 Å². The first-order valence-corrected chi connectivity index (χ1v) is 8.89. The smallest absolute Gasteiger partial charge is 0.376 e. The lowest BCUT2D eigenvalue weighted by atomic mass is 10.2. The number of anilines is 2. The zero-order chi connectivity index (χ0) is 20.6. The van der Waals surface area contributed by atoms with E-state index in [1.54, 1.807) is 24.3 Å². The molecule has 0 bridgehead atoms. The molecule has 0 aliphatic heterocycles. The molecule has 0 unspecified atom stereocenters. The quantitative estimate of drug-likeness (QED) is 0.586. The van der Waals surface area contributed by atoms with Gasteiger partial charge in [-0.2, -0.15) is 13.2 Å². The molecule has 2 aromatic carbocycles. The first-order chi connectivity index (χ1) is 13.3. The number of unbranched alkanes of at least 4 members (excludes halogenated alkanes) is 1. The molecule has 2 amide bonds. The van der Waals surface area contributed by atoms with E-state index in [1.807, 2.05) is 6.92 Å². The molecule has 2 rings (SSSR count). The number of rotatable bonds is 8. The number of nitrogens with one attached hydrogen (secondary N) is 3. The molecule has 0 saturated carbocycles. The van der Waals surface area contributed by atoms with Gasteiger partial charge >= 0.3 is 6.18 Å². The van der Waals surface area contributed by atoms with Crippen LogP contribution in [-0.4, -0.2) is 24.9 Å². The molecule has 0 atom stereocenters. The van der Waals surface area contributed by atoms with Crippen LogP contribution in [0.15, 0.2) is 48.5 Å². The molecule has 0 aromatic heterocycles. The standard InChI is InChI=1S/C20H22F3N3O2/c1-2-3-10-24-19(28)14-6-4-9-17(11-14)26-18(27)13-25-16-8-5-7-15(12-16)20(21,22)23/h4-9,11-12,25H,2-3,10,13H2,1H3,(H,24,28)(H,26,27). The summed E-state index contributed by atoms with van der Waals surface area (Å²) in [6.45, 7) is 2.39. The fourth-order valence-corrected chi connectivity index (χ4v) is 2.41. The molecule has 3 N–H and O–H groups in total. The molecule has 8 heteroatoms. The molecule has 5 nitrogen and oxygen atoms in total. The van der Waals surface area contributed by atoms with Crippen molar-refractivity contribution in [2.75, 3.05) is 23.7 Å².